The van der Waals surface area contributed by atoms with Crippen molar-refractivity contribution in [3.8, 4) is 0 Å². The number of hydrogen-bond donors (Lipinski definition) is 1. The summed E-state index contributed by atoms with van der Waals surface area (Å²) in [5.74, 6) is 0. The van der Waals surface area contributed by atoms with Crippen molar-refractivity contribution in [2.75, 3.05) is 5.32 Å². The molecule has 0 amide bonds. The fraction of sp³-hybridized carbons (Fsp3) is 0.167. The van der Waals surface area contributed by atoms with E-state index in [1.165, 1.54) is 22.5 Å². The Balaban J connectivity index is 2.00. The van der Waals surface area contributed by atoms with Gasteiger partial charge in [0, 0.05) is 12.1 Å². The zero-order chi connectivity index (χ0) is 11.4. The largest absolute Gasteiger partial charge is 0.334 e. The maximum absolute atomic E-state index is 3.99. The van der Waals surface area contributed by atoms with Crippen molar-refractivity contribution < 1.29 is 0 Å². The van der Waals surface area contributed by atoms with Gasteiger partial charge >= 0.3 is 0 Å². The van der Waals surface area contributed by atoms with Crippen molar-refractivity contribution in [1.29, 1.82) is 0 Å². The number of nitrogens with one attached hydrogen (secondary N) is 1. The quantitative estimate of drug-likeness (QED) is 0.879. The average molecular weight is 231 g/mol. The maximum atomic E-state index is 3.99. The molecule has 0 atom stereocenters. The summed E-state index contributed by atoms with van der Waals surface area (Å²) >= 11 is 1.47. The van der Waals surface area contributed by atoms with Crippen LogP contribution in [0, 0.1) is 6.92 Å². The van der Waals surface area contributed by atoms with E-state index in [-0.39, 0.29) is 0 Å². The Labute approximate surface area is 98.9 Å². The summed E-state index contributed by atoms with van der Waals surface area (Å²) in [7, 11) is 0. The lowest BCUT2D eigenvalue weighted by Gasteiger charge is -2.08. The Morgan fingerprint density at radius 2 is 2.25 bits per heavy atom. The van der Waals surface area contributed by atoms with Gasteiger partial charge in [0.05, 0.1) is 0 Å². The van der Waals surface area contributed by atoms with E-state index in [0.717, 1.165) is 17.2 Å². The second-order valence-electron chi connectivity index (χ2n) is 3.58. The van der Waals surface area contributed by atoms with Crippen molar-refractivity contribution in [2.24, 2.45) is 0 Å². The Kier molecular flexibility index (Phi) is 3.31. The zero-order valence-electron chi connectivity index (χ0n) is 9.10. The molecule has 0 saturated heterocycles. The number of benzene rings is 1. The van der Waals surface area contributed by atoms with Gasteiger partial charge in [-0.05, 0) is 18.1 Å². The summed E-state index contributed by atoms with van der Waals surface area (Å²) < 4.78 is 0. The Morgan fingerprint density at radius 1 is 1.44 bits per heavy atom. The summed E-state index contributed by atoms with van der Waals surface area (Å²) in [6.07, 6.45) is 0.812. The first-order chi connectivity index (χ1) is 7.75. The number of aryl methyl sites for hydroxylation is 1. The third kappa shape index (κ3) is 2.67. The van der Waals surface area contributed by atoms with Crippen molar-refractivity contribution >= 4 is 16.5 Å². The molecule has 1 aromatic carbocycles. The lowest BCUT2D eigenvalue weighted by Crippen LogP contribution is -2.02. The van der Waals surface area contributed by atoms with Crippen LogP contribution in [0.25, 0.3) is 0 Å². The standard InChI is InChI=1S/C12H13N3S/c1-9-5-3-4-6-11(9)7-10(2)14-12-15-13-8-16-12/h3-6,8H,2,7H2,1H3,(H,14,15). The molecule has 4 heteroatoms. The number of aromatic nitrogens is 2. The second-order valence-corrected chi connectivity index (χ2v) is 4.41. The molecule has 0 bridgehead atoms. The molecule has 0 spiro atoms. The summed E-state index contributed by atoms with van der Waals surface area (Å²) in [5, 5.41) is 11.6. The highest BCUT2D eigenvalue weighted by Gasteiger charge is 2.02. The molecule has 0 fully saturated rings. The first-order valence-electron chi connectivity index (χ1n) is 5.01. The first kappa shape index (κ1) is 10.8. The van der Waals surface area contributed by atoms with Crippen molar-refractivity contribution in [3.63, 3.8) is 0 Å². The minimum absolute atomic E-state index is 0.790. The predicted molar refractivity (Wildman–Crippen MR) is 67.6 cm³/mol. The van der Waals surface area contributed by atoms with E-state index in [1.54, 1.807) is 5.51 Å². The molecule has 82 valence electrons. The molecule has 0 aliphatic carbocycles. The van der Waals surface area contributed by atoms with Gasteiger partial charge in [-0.3, -0.25) is 0 Å². The lowest BCUT2D eigenvalue weighted by atomic mass is 10.0. The van der Waals surface area contributed by atoms with Crippen molar-refractivity contribution in [1.82, 2.24) is 10.2 Å². The van der Waals surface area contributed by atoms with Crippen LogP contribution in [-0.4, -0.2) is 10.2 Å². The van der Waals surface area contributed by atoms with Crippen LogP contribution < -0.4 is 5.32 Å². The Bertz CT molecular complexity index is 477. The fourth-order valence-corrected chi connectivity index (χ4v) is 1.95. The van der Waals surface area contributed by atoms with Gasteiger partial charge in [-0.25, -0.2) is 0 Å². The highest BCUT2D eigenvalue weighted by molar-refractivity contribution is 7.13. The minimum Gasteiger partial charge on any atom is -0.334 e. The molecule has 0 unspecified atom stereocenters. The van der Waals surface area contributed by atoms with Gasteiger partial charge in [0.15, 0.2) is 0 Å². The molecule has 2 aromatic rings. The fourth-order valence-electron chi connectivity index (χ4n) is 1.46. The number of rotatable bonds is 4. The normalized spacial score (nSPS) is 10.1. The molecular formula is C12H13N3S. The molecule has 1 N–H and O–H groups in total. The van der Waals surface area contributed by atoms with Gasteiger partial charge in [-0.15, -0.1) is 10.2 Å². The van der Waals surface area contributed by atoms with Crippen LogP contribution in [0.4, 0.5) is 5.13 Å². The molecule has 0 saturated carbocycles. The molecule has 2 rings (SSSR count). The molecule has 16 heavy (non-hydrogen) atoms. The van der Waals surface area contributed by atoms with E-state index >= 15 is 0 Å². The van der Waals surface area contributed by atoms with Gasteiger partial charge in [-0.1, -0.05) is 42.2 Å². The second kappa shape index (κ2) is 4.90. The van der Waals surface area contributed by atoms with Crippen LogP contribution in [0.3, 0.4) is 0 Å². The summed E-state index contributed by atoms with van der Waals surface area (Å²) in [6, 6.07) is 8.30. The summed E-state index contributed by atoms with van der Waals surface area (Å²) in [6.45, 7) is 6.10. The third-order valence-corrected chi connectivity index (χ3v) is 2.92. The number of allylic oxidation sites excluding steroid dienone is 1. The van der Waals surface area contributed by atoms with E-state index in [2.05, 4.69) is 41.1 Å². The van der Waals surface area contributed by atoms with Crippen molar-refractivity contribution in [2.45, 2.75) is 13.3 Å². The van der Waals surface area contributed by atoms with E-state index in [1.807, 2.05) is 12.1 Å². The number of nitrogens with zero attached hydrogens (tertiary/aromatic N) is 2. The van der Waals surface area contributed by atoms with Crippen LogP contribution in [0.2, 0.25) is 0 Å². The lowest BCUT2D eigenvalue weighted by molar-refractivity contribution is 1.07. The van der Waals surface area contributed by atoms with Crippen LogP contribution in [-0.2, 0) is 6.42 Å². The minimum atomic E-state index is 0.790. The summed E-state index contributed by atoms with van der Waals surface area (Å²) in [4.78, 5) is 0. The molecule has 3 nitrogen and oxygen atoms in total. The number of hydrogen-bond acceptors (Lipinski definition) is 4. The van der Waals surface area contributed by atoms with Gasteiger partial charge in [0.2, 0.25) is 5.13 Å². The molecular weight excluding hydrogens is 218 g/mol. The van der Waals surface area contributed by atoms with Crippen LogP contribution in [0.5, 0.6) is 0 Å². The van der Waals surface area contributed by atoms with Gasteiger partial charge < -0.3 is 5.32 Å². The SMILES string of the molecule is C=C(Cc1ccccc1C)Nc1nncs1. The average Bonchev–Trinajstić information content (AvgIpc) is 2.74. The Hall–Kier alpha value is -1.68. The van der Waals surface area contributed by atoms with Crippen LogP contribution in [0.15, 0.2) is 42.1 Å². The summed E-state index contributed by atoms with van der Waals surface area (Å²) in [5.41, 5.74) is 5.20. The molecule has 1 aromatic heterocycles. The smallest absolute Gasteiger partial charge is 0.209 e. The molecule has 1 heterocycles. The first-order valence-corrected chi connectivity index (χ1v) is 5.89. The molecule has 0 aliphatic rings. The van der Waals surface area contributed by atoms with Crippen LogP contribution >= 0.6 is 11.3 Å². The Morgan fingerprint density at radius 3 is 2.94 bits per heavy atom. The van der Waals surface area contributed by atoms with Gasteiger partial charge in [0.25, 0.3) is 0 Å². The maximum Gasteiger partial charge on any atom is 0.209 e. The molecule has 0 radical (unpaired) electrons. The topological polar surface area (TPSA) is 37.8 Å². The van der Waals surface area contributed by atoms with E-state index in [4.69, 9.17) is 0 Å². The predicted octanol–water partition coefficient (Wildman–Crippen LogP) is 3.01. The molecule has 0 aliphatic heterocycles. The van der Waals surface area contributed by atoms with E-state index in [0.29, 0.717) is 0 Å². The van der Waals surface area contributed by atoms with E-state index in [9.17, 15) is 0 Å². The van der Waals surface area contributed by atoms with E-state index < -0.39 is 0 Å². The zero-order valence-corrected chi connectivity index (χ0v) is 9.92. The van der Waals surface area contributed by atoms with Gasteiger partial charge in [0.1, 0.15) is 5.51 Å². The number of anilines is 1. The monoisotopic (exact) mass is 231 g/mol. The third-order valence-electron chi connectivity index (χ3n) is 2.31. The van der Waals surface area contributed by atoms with Crippen molar-refractivity contribution in [3.05, 3.63) is 53.2 Å². The van der Waals surface area contributed by atoms with Crippen LogP contribution in [0.1, 0.15) is 11.1 Å². The van der Waals surface area contributed by atoms with Gasteiger partial charge in [-0.2, -0.15) is 0 Å². The highest BCUT2D eigenvalue weighted by Crippen LogP contribution is 2.15. The highest BCUT2D eigenvalue weighted by atomic mass is 32.1.